The fourth-order valence-electron chi connectivity index (χ4n) is 7.82. The number of esters is 1. The summed E-state index contributed by atoms with van der Waals surface area (Å²) in [5, 5.41) is 5.71. The molecule has 0 unspecified atom stereocenters. The monoisotopic (exact) mass is 872 g/mol. The van der Waals surface area contributed by atoms with Crippen LogP contribution in [0.5, 0.6) is 0 Å². The Morgan fingerprint density at radius 2 is 1.39 bits per heavy atom. The molecule has 1 aliphatic carbocycles. The van der Waals surface area contributed by atoms with Crippen molar-refractivity contribution in [2.45, 2.75) is 75.6 Å². The number of anilines is 3. The van der Waals surface area contributed by atoms with Gasteiger partial charge in [0.05, 0.1) is 29.9 Å². The first-order valence-corrected chi connectivity index (χ1v) is 23.8. The van der Waals surface area contributed by atoms with Crippen molar-refractivity contribution in [1.29, 1.82) is 0 Å². The molecule has 3 N–H and O–H groups in total. The highest BCUT2D eigenvalue weighted by molar-refractivity contribution is 7.89. The number of benzene rings is 3. The van der Waals surface area contributed by atoms with E-state index in [1.165, 1.54) is 35.7 Å². The second-order valence-electron chi connectivity index (χ2n) is 15.4. The van der Waals surface area contributed by atoms with Crippen LogP contribution in [-0.2, 0) is 42.4 Å². The van der Waals surface area contributed by atoms with Crippen molar-refractivity contribution in [2.75, 3.05) is 48.5 Å². The number of sulfonamides is 2. The molecule has 17 heteroatoms. The second kappa shape index (κ2) is 19.8. The Kier molecular flexibility index (Phi) is 14.6. The zero-order chi connectivity index (χ0) is 43.7. The third-order valence-corrected chi connectivity index (χ3v) is 13.7. The van der Waals surface area contributed by atoms with Crippen molar-refractivity contribution >= 4 is 60.9 Å². The van der Waals surface area contributed by atoms with Crippen LogP contribution in [0.15, 0.2) is 89.8 Å². The van der Waals surface area contributed by atoms with E-state index in [-0.39, 0.29) is 51.9 Å². The lowest BCUT2D eigenvalue weighted by Crippen LogP contribution is -2.43. The van der Waals surface area contributed by atoms with Crippen LogP contribution in [0.4, 0.5) is 17.2 Å². The van der Waals surface area contributed by atoms with Gasteiger partial charge in [0.15, 0.2) is 5.69 Å². The maximum Gasteiger partial charge on any atom is 0.308 e. The van der Waals surface area contributed by atoms with Gasteiger partial charge in [0.1, 0.15) is 5.82 Å². The largest absolute Gasteiger partial charge is 0.469 e. The normalized spacial score (nSPS) is 17.0. The first-order chi connectivity index (χ1) is 29.1. The molecule has 61 heavy (non-hydrogen) atoms. The number of ether oxygens (including phenoxy) is 1. The van der Waals surface area contributed by atoms with Crippen molar-refractivity contribution in [2.24, 2.45) is 5.92 Å². The van der Waals surface area contributed by atoms with E-state index in [2.05, 4.69) is 15.5 Å². The zero-order valence-corrected chi connectivity index (χ0v) is 36.2. The number of rotatable bonds is 15. The van der Waals surface area contributed by atoms with Gasteiger partial charge in [0.25, 0.3) is 17.7 Å². The Hall–Kier alpha value is -5.65. The van der Waals surface area contributed by atoms with Crippen LogP contribution in [-0.4, -0.2) is 88.9 Å². The van der Waals surface area contributed by atoms with Crippen molar-refractivity contribution in [3.63, 3.8) is 0 Å². The molecule has 0 bridgehead atoms. The summed E-state index contributed by atoms with van der Waals surface area (Å²) in [4.78, 5) is 58.7. The van der Waals surface area contributed by atoms with Crippen LogP contribution in [0.2, 0.25) is 0 Å². The van der Waals surface area contributed by atoms with E-state index in [9.17, 15) is 36.0 Å². The fraction of sp³-hybridized carbons (Fsp3) is 0.386. The number of hydrogen-bond donors (Lipinski definition) is 3. The molecule has 3 amide bonds. The second-order valence-corrected chi connectivity index (χ2v) is 19.0. The van der Waals surface area contributed by atoms with E-state index in [1.807, 2.05) is 16.9 Å². The molecule has 15 nitrogen and oxygen atoms in total. The minimum Gasteiger partial charge on any atom is -0.469 e. The Morgan fingerprint density at radius 1 is 0.754 bits per heavy atom. The third-order valence-electron chi connectivity index (χ3n) is 11.1. The number of carbonyl (C=O) groups is 4. The third kappa shape index (κ3) is 11.6. The molecule has 0 radical (unpaired) electrons. The quantitative estimate of drug-likeness (QED) is 0.122. The van der Waals surface area contributed by atoms with Crippen LogP contribution in [0, 0.1) is 5.92 Å². The van der Waals surface area contributed by atoms with Gasteiger partial charge in [-0.25, -0.2) is 26.5 Å². The van der Waals surface area contributed by atoms with Crippen LogP contribution in [0.1, 0.15) is 94.2 Å². The molecule has 3 aromatic carbocycles. The molecule has 2 aliphatic rings. The van der Waals surface area contributed by atoms with Gasteiger partial charge in [-0.05, 0) is 124 Å². The summed E-state index contributed by atoms with van der Waals surface area (Å²) in [7, 11) is -6.32. The number of nitrogens with zero attached hydrogens (tertiary/aromatic N) is 3. The number of pyridine rings is 1. The average molecular weight is 873 g/mol. The molecular formula is C44H52N6O9S2. The molecule has 1 aliphatic heterocycles. The van der Waals surface area contributed by atoms with Crippen LogP contribution < -0.4 is 20.3 Å². The topological polar surface area (TPSA) is 201 Å². The molecule has 0 atom stereocenters. The standard InChI is InChI=1S/C44H52N6O9S2/c1-4-50(36-23-19-33(20-24-36)44(54)59-2)61(57,58)37-10-8-9-34(29-37)41(51)46-38-25-26-39(49-27-6-5-7-28-49)47-40(38)43(53)45-35-21-15-31(16-22-35)12-11-30-13-17-32(18-14-30)42(52)48-60(3,55)56/h8-10,13-18,21-22,25-26,29,33,36H,4-7,11-12,19-20,23-24,27-28H2,1-3H3,(H,45,53)(H,46,51)(H,48,52). The zero-order valence-electron chi connectivity index (χ0n) is 34.6. The number of carbonyl (C=O) groups excluding carboxylic acids is 4. The number of hydrogen-bond acceptors (Lipinski definition) is 11. The van der Waals surface area contributed by atoms with Gasteiger partial charge in [-0.15, -0.1) is 0 Å². The average Bonchev–Trinajstić information content (AvgIpc) is 3.26. The Labute approximate surface area is 357 Å². The lowest BCUT2D eigenvalue weighted by molar-refractivity contribution is -0.146. The SMILES string of the molecule is CCN(C1CCC(C(=O)OC)CC1)S(=O)(=O)c1cccc(C(=O)Nc2ccc(N3CCCCC3)nc2C(=O)Nc2ccc(CCc3ccc(C(=O)NS(C)(=O)=O)cc3)cc2)c1. The summed E-state index contributed by atoms with van der Waals surface area (Å²) in [6.45, 7) is 3.55. The number of methoxy groups -OCH3 is 1. The van der Waals surface area contributed by atoms with Gasteiger partial charge in [-0.3, -0.25) is 19.2 Å². The number of amides is 3. The predicted molar refractivity (Wildman–Crippen MR) is 233 cm³/mol. The Bertz CT molecular complexity index is 2450. The van der Waals surface area contributed by atoms with Crippen LogP contribution in [0.25, 0.3) is 0 Å². The van der Waals surface area contributed by atoms with Crippen molar-refractivity contribution in [1.82, 2.24) is 14.0 Å². The summed E-state index contributed by atoms with van der Waals surface area (Å²) in [6, 6.07) is 22.9. The molecular weight excluding hydrogens is 821 g/mol. The van der Waals surface area contributed by atoms with Gasteiger partial charge in [-0.2, -0.15) is 4.31 Å². The van der Waals surface area contributed by atoms with Gasteiger partial charge < -0.3 is 20.3 Å². The van der Waals surface area contributed by atoms with Crippen molar-refractivity contribution in [3.8, 4) is 0 Å². The van der Waals surface area contributed by atoms with Gasteiger partial charge >= 0.3 is 5.97 Å². The highest BCUT2D eigenvalue weighted by Gasteiger charge is 2.35. The maximum absolute atomic E-state index is 14.0. The fourth-order valence-corrected chi connectivity index (χ4v) is 10.0. The molecule has 2 fully saturated rings. The summed E-state index contributed by atoms with van der Waals surface area (Å²) in [5.41, 5.74) is 2.93. The van der Waals surface area contributed by atoms with Gasteiger partial charge in [-0.1, -0.05) is 37.3 Å². The Morgan fingerprint density at radius 3 is 2.00 bits per heavy atom. The summed E-state index contributed by atoms with van der Waals surface area (Å²) in [6.07, 6.45) is 7.40. The number of nitrogens with one attached hydrogen (secondary N) is 3. The smallest absolute Gasteiger partial charge is 0.308 e. The van der Waals surface area contributed by atoms with Crippen LogP contribution >= 0.6 is 0 Å². The molecule has 2 heterocycles. The van der Waals surface area contributed by atoms with E-state index in [4.69, 9.17) is 9.72 Å². The lowest BCUT2D eigenvalue weighted by Gasteiger charge is -2.34. The lowest BCUT2D eigenvalue weighted by atomic mass is 9.86. The van der Waals surface area contributed by atoms with Gasteiger partial charge in [0, 0.05) is 42.5 Å². The molecule has 6 rings (SSSR count). The van der Waals surface area contributed by atoms with E-state index < -0.39 is 37.8 Å². The predicted octanol–water partition coefficient (Wildman–Crippen LogP) is 5.79. The van der Waals surface area contributed by atoms with Crippen molar-refractivity contribution in [3.05, 3.63) is 113 Å². The van der Waals surface area contributed by atoms with E-state index >= 15 is 0 Å². The highest BCUT2D eigenvalue weighted by atomic mass is 32.2. The van der Waals surface area contributed by atoms with E-state index in [0.717, 1.165) is 49.7 Å². The van der Waals surface area contributed by atoms with Crippen molar-refractivity contribution < 1.29 is 40.8 Å². The minimum absolute atomic E-state index is 0.00217. The number of aromatic nitrogens is 1. The summed E-state index contributed by atoms with van der Waals surface area (Å²) in [5.74, 6) is -1.78. The number of aryl methyl sites for hydroxylation is 2. The summed E-state index contributed by atoms with van der Waals surface area (Å²) < 4.78 is 59.0. The highest BCUT2D eigenvalue weighted by Crippen LogP contribution is 2.32. The van der Waals surface area contributed by atoms with E-state index in [1.54, 1.807) is 55.5 Å². The molecule has 1 saturated heterocycles. The number of piperidine rings is 1. The molecule has 4 aromatic rings. The molecule has 1 aromatic heterocycles. The molecule has 324 valence electrons. The maximum atomic E-state index is 14.0. The summed E-state index contributed by atoms with van der Waals surface area (Å²) >= 11 is 0. The minimum atomic E-state index is -4.00. The molecule has 1 saturated carbocycles. The first-order valence-electron chi connectivity index (χ1n) is 20.4. The van der Waals surface area contributed by atoms with Gasteiger partial charge in [0.2, 0.25) is 20.0 Å². The van der Waals surface area contributed by atoms with Crippen LogP contribution in [0.3, 0.4) is 0 Å². The van der Waals surface area contributed by atoms with E-state index in [0.29, 0.717) is 50.0 Å². The molecule has 0 spiro atoms. The Balaban J connectivity index is 1.14. The first kappa shape index (κ1) is 44.9.